The van der Waals surface area contributed by atoms with Crippen LogP contribution >= 0.6 is 0 Å². The number of likely N-dealkylation sites (tertiary alicyclic amines) is 1. The summed E-state index contributed by atoms with van der Waals surface area (Å²) in [6.45, 7) is 3.05. The fraction of sp³-hybridized carbons (Fsp3) is 0.409. The molecule has 2 heterocycles. The van der Waals surface area contributed by atoms with Crippen LogP contribution in [0.2, 0.25) is 0 Å². The minimum atomic E-state index is -1.07. The molecule has 2 aliphatic rings. The predicted octanol–water partition coefficient (Wildman–Crippen LogP) is 3.77. The molecule has 3 atom stereocenters. The predicted molar refractivity (Wildman–Crippen MR) is 104 cm³/mol. The second-order valence-electron chi connectivity index (χ2n) is 7.73. The van der Waals surface area contributed by atoms with Gasteiger partial charge in [-0.3, -0.25) is 9.69 Å². The Morgan fingerprint density at radius 2 is 1.82 bits per heavy atom. The number of aromatic hydroxyl groups is 1. The summed E-state index contributed by atoms with van der Waals surface area (Å²) in [7, 11) is 0. The third-order valence-electron chi connectivity index (χ3n) is 5.98. The van der Waals surface area contributed by atoms with Gasteiger partial charge in [-0.25, -0.2) is 8.78 Å². The van der Waals surface area contributed by atoms with E-state index in [2.05, 4.69) is 0 Å². The van der Waals surface area contributed by atoms with E-state index in [4.69, 9.17) is 0 Å². The van der Waals surface area contributed by atoms with E-state index in [1.807, 2.05) is 4.90 Å². The molecule has 0 radical (unpaired) electrons. The number of amides is 1. The van der Waals surface area contributed by atoms with Crippen molar-refractivity contribution in [3.63, 3.8) is 0 Å². The fourth-order valence-corrected chi connectivity index (χ4v) is 4.32. The van der Waals surface area contributed by atoms with E-state index in [9.17, 15) is 18.7 Å². The van der Waals surface area contributed by atoms with E-state index in [0.29, 0.717) is 37.2 Å². The van der Waals surface area contributed by atoms with Gasteiger partial charge in [0.25, 0.3) is 0 Å². The van der Waals surface area contributed by atoms with Crippen molar-refractivity contribution in [2.75, 3.05) is 24.5 Å². The lowest BCUT2D eigenvalue weighted by Gasteiger charge is -2.37. The smallest absolute Gasteiger partial charge is 0.244 e. The number of benzene rings is 2. The highest BCUT2D eigenvalue weighted by atomic mass is 19.1. The van der Waals surface area contributed by atoms with Crippen molar-refractivity contribution in [3.05, 3.63) is 59.4 Å². The van der Waals surface area contributed by atoms with Crippen LogP contribution in [-0.2, 0) is 4.79 Å². The van der Waals surface area contributed by atoms with Crippen molar-refractivity contribution in [2.45, 2.75) is 37.9 Å². The molecule has 2 aliphatic heterocycles. The van der Waals surface area contributed by atoms with Gasteiger partial charge in [-0.1, -0.05) is 18.2 Å². The van der Waals surface area contributed by atoms with Crippen LogP contribution in [0.4, 0.5) is 14.5 Å². The highest BCUT2D eigenvalue weighted by Crippen LogP contribution is 2.34. The Balaban J connectivity index is 1.44. The second-order valence-corrected chi connectivity index (χ2v) is 7.73. The van der Waals surface area contributed by atoms with Crippen molar-refractivity contribution in [2.24, 2.45) is 0 Å². The van der Waals surface area contributed by atoms with Gasteiger partial charge < -0.3 is 10.0 Å². The van der Waals surface area contributed by atoms with Crippen LogP contribution in [0.15, 0.2) is 42.5 Å². The highest BCUT2D eigenvalue weighted by molar-refractivity contribution is 5.99. The summed E-state index contributed by atoms with van der Waals surface area (Å²) in [4.78, 5) is 16.4. The molecule has 0 aliphatic carbocycles. The van der Waals surface area contributed by atoms with Crippen molar-refractivity contribution in [3.8, 4) is 5.75 Å². The van der Waals surface area contributed by atoms with Crippen molar-refractivity contribution < 1.29 is 18.7 Å². The van der Waals surface area contributed by atoms with E-state index in [0.717, 1.165) is 5.56 Å². The molecule has 2 aromatic carbocycles. The number of anilines is 1. The normalized spacial score (nSPS) is 26.0. The van der Waals surface area contributed by atoms with E-state index in [1.165, 1.54) is 6.07 Å². The van der Waals surface area contributed by atoms with Crippen LogP contribution in [0, 0.1) is 12.7 Å². The van der Waals surface area contributed by atoms with Gasteiger partial charge in [-0.15, -0.1) is 0 Å². The zero-order valence-electron chi connectivity index (χ0n) is 15.8. The van der Waals surface area contributed by atoms with E-state index in [1.54, 1.807) is 48.2 Å². The minimum absolute atomic E-state index is 0.0847. The monoisotopic (exact) mass is 386 g/mol. The molecule has 6 heteroatoms. The van der Waals surface area contributed by atoms with Crippen LogP contribution < -0.4 is 4.90 Å². The van der Waals surface area contributed by atoms with Crippen LogP contribution in [0.25, 0.3) is 0 Å². The van der Waals surface area contributed by atoms with E-state index < -0.39 is 6.17 Å². The van der Waals surface area contributed by atoms with Crippen LogP contribution in [0.1, 0.15) is 29.9 Å². The molecular weight excluding hydrogens is 362 g/mol. The summed E-state index contributed by atoms with van der Waals surface area (Å²) in [5.41, 5.74) is 1.98. The van der Waals surface area contributed by atoms with Crippen LogP contribution in [0.5, 0.6) is 5.75 Å². The lowest BCUT2D eigenvalue weighted by Crippen LogP contribution is -2.49. The first-order chi connectivity index (χ1) is 13.4. The van der Waals surface area contributed by atoms with Crippen LogP contribution in [-0.4, -0.2) is 47.8 Å². The number of halogens is 2. The first kappa shape index (κ1) is 18.9. The molecule has 2 saturated heterocycles. The summed E-state index contributed by atoms with van der Waals surface area (Å²) in [5.74, 6) is -0.470. The summed E-state index contributed by atoms with van der Waals surface area (Å²) >= 11 is 0. The number of carbonyl (C=O) groups excluding carboxylic acids is 1. The second kappa shape index (κ2) is 7.51. The van der Waals surface area contributed by atoms with Gasteiger partial charge >= 0.3 is 0 Å². The zero-order valence-corrected chi connectivity index (χ0v) is 15.8. The number of piperidine rings is 1. The first-order valence-corrected chi connectivity index (χ1v) is 9.68. The van der Waals surface area contributed by atoms with Gasteiger partial charge in [-0.2, -0.15) is 0 Å². The number of phenolic OH excluding ortho intramolecular Hbond substituents is 1. The van der Waals surface area contributed by atoms with Gasteiger partial charge in [0, 0.05) is 24.7 Å². The number of phenols is 1. The maximum Gasteiger partial charge on any atom is 0.244 e. The third kappa shape index (κ3) is 3.49. The Labute approximate surface area is 163 Å². The Morgan fingerprint density at radius 3 is 2.50 bits per heavy atom. The highest BCUT2D eigenvalue weighted by Gasteiger charge is 2.41. The van der Waals surface area contributed by atoms with Crippen LogP contribution in [0.3, 0.4) is 0 Å². The lowest BCUT2D eigenvalue weighted by atomic mass is 9.87. The SMILES string of the molecule is Cc1ccc(N2CC[C@H](N3CC[C@H](c4ccc(O)cc4)[C@@H](F)C3)C2=O)cc1F. The number of hydrogen-bond acceptors (Lipinski definition) is 3. The van der Waals surface area contributed by atoms with Gasteiger partial charge in [0.2, 0.25) is 5.91 Å². The molecule has 0 aromatic heterocycles. The Morgan fingerprint density at radius 1 is 1.07 bits per heavy atom. The van der Waals surface area contributed by atoms with Gasteiger partial charge in [0.15, 0.2) is 0 Å². The Hall–Kier alpha value is -2.47. The summed E-state index contributed by atoms with van der Waals surface area (Å²) in [5, 5.41) is 9.42. The molecule has 148 valence electrons. The number of hydrogen-bond donors (Lipinski definition) is 1. The molecule has 0 unspecified atom stereocenters. The number of aryl methyl sites for hydroxylation is 1. The standard InChI is InChI=1S/C22H24F2N2O2/c1-14-2-5-16(12-19(14)23)26-11-9-21(22(26)28)25-10-8-18(20(24)13-25)15-3-6-17(27)7-4-15/h2-7,12,18,20-21,27H,8-11,13H2,1H3/t18-,20+,21+/m1/s1. The summed E-state index contributed by atoms with van der Waals surface area (Å²) in [6.07, 6.45) is 0.164. The molecule has 4 rings (SSSR count). The number of carbonyl (C=O) groups is 1. The molecule has 2 fully saturated rings. The molecule has 0 saturated carbocycles. The maximum atomic E-state index is 14.9. The first-order valence-electron chi connectivity index (χ1n) is 9.68. The largest absolute Gasteiger partial charge is 0.508 e. The number of nitrogens with zero attached hydrogens (tertiary/aromatic N) is 2. The molecular formula is C22H24F2N2O2. The topological polar surface area (TPSA) is 43.8 Å². The Kier molecular flexibility index (Phi) is 5.06. The number of rotatable bonds is 3. The summed E-state index contributed by atoms with van der Waals surface area (Å²) < 4.78 is 28.8. The maximum absolute atomic E-state index is 14.9. The van der Waals surface area contributed by atoms with Crippen molar-refractivity contribution in [1.82, 2.24) is 4.90 Å². The quantitative estimate of drug-likeness (QED) is 0.873. The van der Waals surface area contributed by atoms with Crippen molar-refractivity contribution >= 4 is 11.6 Å². The average Bonchev–Trinajstić information content (AvgIpc) is 3.06. The fourth-order valence-electron chi connectivity index (χ4n) is 4.32. The molecule has 4 nitrogen and oxygen atoms in total. The molecule has 1 amide bonds. The van der Waals surface area contributed by atoms with Crippen molar-refractivity contribution in [1.29, 1.82) is 0 Å². The number of alkyl halides is 1. The zero-order chi connectivity index (χ0) is 19.8. The third-order valence-corrected chi connectivity index (χ3v) is 5.98. The molecule has 0 bridgehead atoms. The molecule has 28 heavy (non-hydrogen) atoms. The Bertz CT molecular complexity index is 871. The lowest BCUT2D eigenvalue weighted by molar-refractivity contribution is -0.122. The van der Waals surface area contributed by atoms with Gasteiger partial charge in [-0.05, 0) is 61.7 Å². The van der Waals surface area contributed by atoms with E-state index in [-0.39, 0.29) is 36.0 Å². The summed E-state index contributed by atoms with van der Waals surface area (Å²) in [6, 6.07) is 11.1. The van der Waals surface area contributed by atoms with E-state index >= 15 is 0 Å². The molecule has 0 spiro atoms. The molecule has 1 N–H and O–H groups in total. The van der Waals surface area contributed by atoms with Gasteiger partial charge in [0.05, 0.1) is 6.04 Å². The minimum Gasteiger partial charge on any atom is -0.508 e. The molecule has 2 aromatic rings. The van der Waals surface area contributed by atoms with Gasteiger partial charge in [0.1, 0.15) is 17.7 Å². The average molecular weight is 386 g/mol.